The van der Waals surface area contributed by atoms with Gasteiger partial charge in [-0.25, -0.2) is 4.39 Å². The van der Waals surface area contributed by atoms with Crippen molar-refractivity contribution in [3.63, 3.8) is 0 Å². The van der Waals surface area contributed by atoms with Crippen LogP contribution in [0.5, 0.6) is 0 Å². The Balaban J connectivity index is 1.34. The van der Waals surface area contributed by atoms with E-state index in [-0.39, 0.29) is 11.9 Å². The van der Waals surface area contributed by atoms with E-state index >= 15 is 0 Å². The van der Waals surface area contributed by atoms with Crippen LogP contribution in [-0.4, -0.2) is 42.0 Å². The fraction of sp³-hybridized carbons (Fsp3) is 0.375. The Hall–Kier alpha value is -2.70. The van der Waals surface area contributed by atoms with Crippen LogP contribution in [0.2, 0.25) is 0 Å². The number of H-pyrrole nitrogens is 1. The summed E-state index contributed by atoms with van der Waals surface area (Å²) in [6.45, 7) is 3.10. The van der Waals surface area contributed by atoms with Crippen LogP contribution in [0.25, 0.3) is 10.9 Å². The lowest BCUT2D eigenvalue weighted by Crippen LogP contribution is -2.40. The Kier molecular flexibility index (Phi) is 5.05. The first-order valence-electron chi connectivity index (χ1n) is 10.7. The summed E-state index contributed by atoms with van der Waals surface area (Å²) in [6, 6.07) is 11.8. The molecule has 1 fully saturated rings. The van der Waals surface area contributed by atoms with Crippen LogP contribution < -0.4 is 10.6 Å². The first kappa shape index (κ1) is 19.3. The maximum Gasteiger partial charge on any atom is 0.252 e. The topological polar surface area (TPSA) is 60.2 Å². The van der Waals surface area contributed by atoms with Crippen molar-refractivity contribution >= 4 is 16.8 Å². The van der Waals surface area contributed by atoms with E-state index in [1.54, 1.807) is 0 Å². The Labute approximate surface area is 175 Å². The molecule has 5 nitrogen and oxygen atoms in total. The molecule has 5 rings (SSSR count). The van der Waals surface area contributed by atoms with E-state index in [1.807, 2.05) is 6.20 Å². The number of amides is 1. The molecule has 1 atom stereocenters. The molecule has 0 aliphatic carbocycles. The summed E-state index contributed by atoms with van der Waals surface area (Å²) < 4.78 is 13.9. The Morgan fingerprint density at radius 2 is 1.90 bits per heavy atom. The van der Waals surface area contributed by atoms with Crippen LogP contribution in [-0.2, 0) is 13.0 Å². The molecule has 3 aromatic rings. The maximum atomic E-state index is 13.9. The largest absolute Gasteiger partial charge is 0.361 e. The van der Waals surface area contributed by atoms with Gasteiger partial charge < -0.3 is 15.6 Å². The second-order valence-electron chi connectivity index (χ2n) is 8.56. The fourth-order valence-corrected chi connectivity index (χ4v) is 4.87. The van der Waals surface area contributed by atoms with Gasteiger partial charge in [0.05, 0.1) is 11.6 Å². The van der Waals surface area contributed by atoms with Gasteiger partial charge in [0, 0.05) is 29.7 Å². The van der Waals surface area contributed by atoms with E-state index < -0.39 is 5.82 Å². The highest BCUT2D eigenvalue weighted by molar-refractivity contribution is 6.08. The molecule has 3 heterocycles. The predicted molar refractivity (Wildman–Crippen MR) is 116 cm³/mol. The van der Waals surface area contributed by atoms with Gasteiger partial charge in [-0.1, -0.05) is 24.3 Å². The molecule has 0 bridgehead atoms. The summed E-state index contributed by atoms with van der Waals surface area (Å²) in [5, 5.41) is 7.34. The molecule has 0 saturated carbocycles. The van der Waals surface area contributed by atoms with Crippen LogP contribution in [0.15, 0.2) is 42.6 Å². The van der Waals surface area contributed by atoms with Gasteiger partial charge in [0.2, 0.25) is 0 Å². The minimum Gasteiger partial charge on any atom is -0.361 e. The molecule has 2 aliphatic rings. The van der Waals surface area contributed by atoms with Crippen molar-refractivity contribution in [3.8, 4) is 0 Å². The molecule has 2 aliphatic heterocycles. The normalized spacial score (nSPS) is 19.8. The average molecular weight is 407 g/mol. The SMILES string of the molecule is CN(Cc1ccc(C2Cc3c[nH]c4cc(F)cc(c34)C(=O)N2)cc1)C1CCNCC1. The number of benzene rings is 2. The molecule has 30 heavy (non-hydrogen) atoms. The van der Waals surface area contributed by atoms with Gasteiger partial charge in [0.1, 0.15) is 5.82 Å². The number of aromatic nitrogens is 1. The van der Waals surface area contributed by atoms with E-state index in [9.17, 15) is 9.18 Å². The molecule has 6 heteroatoms. The van der Waals surface area contributed by atoms with Crippen molar-refractivity contribution in [2.24, 2.45) is 0 Å². The summed E-state index contributed by atoms with van der Waals surface area (Å²) in [5.41, 5.74) is 4.46. The number of carbonyl (C=O) groups is 1. The Morgan fingerprint density at radius 3 is 2.67 bits per heavy atom. The number of nitrogens with zero attached hydrogens (tertiary/aromatic N) is 1. The van der Waals surface area contributed by atoms with E-state index in [0.717, 1.165) is 36.1 Å². The quantitative estimate of drug-likeness (QED) is 0.621. The number of hydrogen-bond acceptors (Lipinski definition) is 3. The van der Waals surface area contributed by atoms with Crippen LogP contribution in [0.3, 0.4) is 0 Å². The van der Waals surface area contributed by atoms with Crippen molar-refractivity contribution < 1.29 is 9.18 Å². The third-order valence-corrected chi connectivity index (χ3v) is 6.55. The highest BCUT2D eigenvalue weighted by Gasteiger charge is 2.26. The number of hydrogen-bond donors (Lipinski definition) is 3. The van der Waals surface area contributed by atoms with Crippen LogP contribution in [0, 0.1) is 5.82 Å². The minimum atomic E-state index is -0.401. The lowest BCUT2D eigenvalue weighted by molar-refractivity contribution is 0.0940. The summed E-state index contributed by atoms with van der Waals surface area (Å²) in [4.78, 5) is 18.4. The van der Waals surface area contributed by atoms with Crippen LogP contribution in [0.1, 0.15) is 45.9 Å². The summed E-state index contributed by atoms with van der Waals surface area (Å²) in [7, 11) is 2.20. The fourth-order valence-electron chi connectivity index (χ4n) is 4.87. The van der Waals surface area contributed by atoms with E-state index in [0.29, 0.717) is 23.5 Å². The second-order valence-corrected chi connectivity index (χ2v) is 8.56. The molecule has 1 amide bonds. The Bertz CT molecular complexity index is 1070. The molecule has 0 spiro atoms. The van der Waals surface area contributed by atoms with Crippen molar-refractivity contribution in [1.29, 1.82) is 0 Å². The third kappa shape index (κ3) is 3.61. The van der Waals surface area contributed by atoms with Crippen molar-refractivity contribution in [2.75, 3.05) is 20.1 Å². The standard InChI is InChI=1S/C24H27FN4O/c1-29(19-6-8-26-9-7-19)14-15-2-4-16(5-3-15)21-10-17-13-27-22-12-18(25)11-20(23(17)22)24(30)28-21/h2-5,11-13,19,21,26-27H,6-10,14H2,1H3,(H,28,30). The number of piperidine rings is 1. The number of carbonyl (C=O) groups excluding carboxylic acids is 1. The number of halogens is 1. The maximum absolute atomic E-state index is 13.9. The smallest absolute Gasteiger partial charge is 0.252 e. The lowest BCUT2D eigenvalue weighted by Gasteiger charge is -2.31. The first-order valence-corrected chi connectivity index (χ1v) is 10.7. The second kappa shape index (κ2) is 7.85. The zero-order chi connectivity index (χ0) is 20.7. The van der Waals surface area contributed by atoms with Crippen molar-refractivity contribution in [3.05, 3.63) is 70.7 Å². The highest BCUT2D eigenvalue weighted by atomic mass is 19.1. The predicted octanol–water partition coefficient (Wildman–Crippen LogP) is 3.52. The zero-order valence-corrected chi connectivity index (χ0v) is 17.2. The summed E-state index contributed by atoms with van der Waals surface area (Å²) >= 11 is 0. The van der Waals surface area contributed by atoms with Crippen LogP contribution in [0.4, 0.5) is 4.39 Å². The molecule has 2 aromatic carbocycles. The van der Waals surface area contributed by atoms with Crippen molar-refractivity contribution in [2.45, 2.75) is 37.9 Å². The molecular formula is C24H27FN4O. The van der Waals surface area contributed by atoms with E-state index in [1.165, 1.54) is 30.5 Å². The van der Waals surface area contributed by atoms with Crippen LogP contribution >= 0.6 is 0 Å². The highest BCUT2D eigenvalue weighted by Crippen LogP contribution is 2.31. The van der Waals surface area contributed by atoms with Gasteiger partial charge in [0.15, 0.2) is 0 Å². The van der Waals surface area contributed by atoms with E-state index in [2.05, 4.69) is 51.8 Å². The van der Waals surface area contributed by atoms with Gasteiger partial charge in [0.25, 0.3) is 5.91 Å². The third-order valence-electron chi connectivity index (χ3n) is 6.55. The van der Waals surface area contributed by atoms with Gasteiger partial charge >= 0.3 is 0 Å². The molecule has 1 saturated heterocycles. The van der Waals surface area contributed by atoms with Gasteiger partial charge in [-0.3, -0.25) is 9.69 Å². The molecule has 1 aromatic heterocycles. The first-order chi connectivity index (χ1) is 14.6. The van der Waals surface area contributed by atoms with Gasteiger partial charge in [-0.2, -0.15) is 0 Å². The summed E-state index contributed by atoms with van der Waals surface area (Å²) in [5.74, 6) is -0.626. The monoisotopic (exact) mass is 406 g/mol. The van der Waals surface area contributed by atoms with Crippen molar-refractivity contribution in [1.82, 2.24) is 20.5 Å². The number of nitrogens with one attached hydrogen (secondary N) is 3. The minimum absolute atomic E-state index is 0.136. The average Bonchev–Trinajstić information content (AvgIpc) is 3.09. The van der Waals surface area contributed by atoms with Gasteiger partial charge in [-0.15, -0.1) is 0 Å². The molecule has 0 radical (unpaired) electrons. The van der Waals surface area contributed by atoms with Gasteiger partial charge in [-0.05, 0) is 68.2 Å². The lowest BCUT2D eigenvalue weighted by atomic mass is 9.98. The van der Waals surface area contributed by atoms with E-state index in [4.69, 9.17) is 0 Å². The molecule has 156 valence electrons. The molecule has 3 N–H and O–H groups in total. The Morgan fingerprint density at radius 1 is 1.13 bits per heavy atom. The number of rotatable bonds is 4. The molecule has 1 unspecified atom stereocenters. The molecular weight excluding hydrogens is 379 g/mol. The number of aromatic amines is 1. The zero-order valence-electron chi connectivity index (χ0n) is 17.2. The summed E-state index contributed by atoms with van der Waals surface area (Å²) in [6.07, 6.45) is 4.95.